The normalized spacial score (nSPS) is 16.2. The number of hydrogen-bond donors (Lipinski definition) is 3. The van der Waals surface area contributed by atoms with Crippen molar-refractivity contribution in [3.8, 4) is 11.4 Å². The maximum Gasteiger partial charge on any atom is 0.290 e. The standard InChI is InChI=1S/C22H24FN5O.CH2O2/c23-18-10-5-4-9-16(18)13-17(24)14-20(29)28-12-6-11-19(28)22-25-21(26-27-22)15-7-2-1-3-8-15;2-1-3/h1-5,7-10,17,19H,6,11-14,24H2,(H,25,26,27);1H,(H,2,3)/t17?,19-;/m0./s1. The lowest BCUT2D eigenvalue weighted by Gasteiger charge is -2.24. The molecule has 4 N–H and O–H groups in total. The SMILES string of the molecule is NC(CC(=O)N1CCC[C@H]1c1nc(-c2ccccc2)n[nH]1)Cc1ccccc1F.O=CO. The summed E-state index contributed by atoms with van der Waals surface area (Å²) in [5.74, 6) is 0.993. The lowest BCUT2D eigenvalue weighted by atomic mass is 10.0. The van der Waals surface area contributed by atoms with Crippen molar-refractivity contribution >= 4 is 12.4 Å². The monoisotopic (exact) mass is 439 g/mol. The van der Waals surface area contributed by atoms with Gasteiger partial charge in [0, 0.05) is 24.6 Å². The van der Waals surface area contributed by atoms with Crippen molar-refractivity contribution in [1.82, 2.24) is 20.1 Å². The molecule has 1 amide bonds. The van der Waals surface area contributed by atoms with Crippen LogP contribution in [0.3, 0.4) is 0 Å². The molecule has 32 heavy (non-hydrogen) atoms. The molecule has 0 bridgehead atoms. The van der Waals surface area contributed by atoms with Gasteiger partial charge in [0.05, 0.1) is 6.04 Å². The van der Waals surface area contributed by atoms with Gasteiger partial charge in [0.15, 0.2) is 5.82 Å². The molecule has 0 spiro atoms. The average Bonchev–Trinajstić information content (AvgIpc) is 3.46. The van der Waals surface area contributed by atoms with Crippen LogP contribution in [0.5, 0.6) is 0 Å². The van der Waals surface area contributed by atoms with Gasteiger partial charge in [-0.05, 0) is 30.9 Å². The number of benzene rings is 2. The Balaban J connectivity index is 0.000000913. The Morgan fingerprint density at radius 2 is 1.94 bits per heavy atom. The molecule has 2 aromatic carbocycles. The first-order valence-corrected chi connectivity index (χ1v) is 10.4. The first-order chi connectivity index (χ1) is 15.5. The molecule has 0 aliphatic carbocycles. The highest BCUT2D eigenvalue weighted by molar-refractivity contribution is 5.77. The molecule has 2 atom stereocenters. The van der Waals surface area contributed by atoms with Gasteiger partial charge in [0.25, 0.3) is 6.47 Å². The van der Waals surface area contributed by atoms with Crippen molar-refractivity contribution in [1.29, 1.82) is 0 Å². The first kappa shape index (κ1) is 23.1. The van der Waals surface area contributed by atoms with Gasteiger partial charge in [-0.1, -0.05) is 48.5 Å². The molecule has 3 aromatic rings. The maximum absolute atomic E-state index is 13.8. The number of rotatable bonds is 6. The van der Waals surface area contributed by atoms with Crippen molar-refractivity contribution in [3.63, 3.8) is 0 Å². The van der Waals surface area contributed by atoms with Gasteiger partial charge in [-0.15, -0.1) is 0 Å². The third-order valence-corrected chi connectivity index (χ3v) is 5.30. The number of aromatic nitrogens is 3. The highest BCUT2D eigenvalue weighted by Crippen LogP contribution is 2.31. The van der Waals surface area contributed by atoms with Crippen molar-refractivity contribution in [2.45, 2.75) is 37.8 Å². The van der Waals surface area contributed by atoms with E-state index in [1.165, 1.54) is 6.07 Å². The Hall–Kier alpha value is -3.59. The number of H-pyrrole nitrogens is 1. The van der Waals surface area contributed by atoms with Gasteiger partial charge in [-0.2, -0.15) is 5.10 Å². The van der Waals surface area contributed by atoms with Crippen LogP contribution in [-0.4, -0.2) is 50.2 Å². The summed E-state index contributed by atoms with van der Waals surface area (Å²) in [6.07, 6.45) is 2.24. The summed E-state index contributed by atoms with van der Waals surface area (Å²) >= 11 is 0. The summed E-state index contributed by atoms with van der Waals surface area (Å²) in [5, 5.41) is 14.2. The van der Waals surface area contributed by atoms with E-state index in [0.717, 1.165) is 18.4 Å². The lowest BCUT2D eigenvalue weighted by Crippen LogP contribution is -2.36. The van der Waals surface area contributed by atoms with E-state index in [-0.39, 0.29) is 30.7 Å². The minimum Gasteiger partial charge on any atom is -0.483 e. The minimum atomic E-state index is -0.435. The minimum absolute atomic E-state index is 0.0333. The number of aromatic amines is 1. The van der Waals surface area contributed by atoms with Crippen LogP contribution in [0.4, 0.5) is 4.39 Å². The maximum atomic E-state index is 13.8. The van der Waals surface area contributed by atoms with Crippen LogP contribution in [0.15, 0.2) is 54.6 Å². The van der Waals surface area contributed by atoms with Crippen LogP contribution in [0, 0.1) is 5.82 Å². The van der Waals surface area contributed by atoms with E-state index in [1.807, 2.05) is 35.2 Å². The number of likely N-dealkylation sites (tertiary alicyclic amines) is 1. The molecule has 2 heterocycles. The average molecular weight is 439 g/mol. The van der Waals surface area contributed by atoms with E-state index >= 15 is 0 Å². The number of hydrogen-bond acceptors (Lipinski definition) is 5. The Labute approximate surface area is 185 Å². The van der Waals surface area contributed by atoms with Crippen LogP contribution in [0.2, 0.25) is 0 Å². The number of carbonyl (C=O) groups excluding carboxylic acids is 1. The molecule has 168 valence electrons. The van der Waals surface area contributed by atoms with Crippen molar-refractivity contribution in [2.24, 2.45) is 5.73 Å². The fourth-order valence-corrected chi connectivity index (χ4v) is 3.85. The summed E-state index contributed by atoms with van der Waals surface area (Å²) < 4.78 is 13.8. The van der Waals surface area contributed by atoms with Crippen molar-refractivity contribution < 1.29 is 19.1 Å². The number of carboxylic acid groups (broad SMARTS) is 1. The smallest absolute Gasteiger partial charge is 0.290 e. The second kappa shape index (κ2) is 11.1. The van der Waals surface area contributed by atoms with Gasteiger partial charge in [-0.25, -0.2) is 9.37 Å². The quantitative estimate of drug-likeness (QED) is 0.507. The lowest BCUT2D eigenvalue weighted by molar-refractivity contribution is -0.132. The molecule has 0 saturated carbocycles. The molecule has 1 aliphatic rings. The van der Waals surface area contributed by atoms with Gasteiger partial charge in [0.2, 0.25) is 5.91 Å². The molecule has 4 rings (SSSR count). The van der Waals surface area contributed by atoms with E-state index in [9.17, 15) is 9.18 Å². The predicted octanol–water partition coefficient (Wildman–Crippen LogP) is 2.94. The summed E-state index contributed by atoms with van der Waals surface area (Å²) in [7, 11) is 0. The van der Waals surface area contributed by atoms with Gasteiger partial charge in [-0.3, -0.25) is 14.7 Å². The van der Waals surface area contributed by atoms with Gasteiger partial charge < -0.3 is 15.7 Å². The number of halogens is 1. The van der Waals surface area contributed by atoms with Crippen LogP contribution in [0.25, 0.3) is 11.4 Å². The van der Waals surface area contributed by atoms with Crippen molar-refractivity contribution in [3.05, 3.63) is 71.8 Å². The Morgan fingerprint density at radius 1 is 1.25 bits per heavy atom. The second-order valence-electron chi connectivity index (χ2n) is 7.52. The van der Waals surface area contributed by atoms with Crippen LogP contribution in [-0.2, 0) is 16.0 Å². The Bertz CT molecular complexity index is 1030. The number of amides is 1. The molecular weight excluding hydrogens is 413 g/mol. The van der Waals surface area contributed by atoms with E-state index < -0.39 is 6.04 Å². The highest BCUT2D eigenvalue weighted by atomic mass is 19.1. The third-order valence-electron chi connectivity index (χ3n) is 5.30. The summed E-state index contributed by atoms with van der Waals surface area (Å²) in [4.78, 5) is 27.7. The molecule has 1 aliphatic heterocycles. The number of nitrogens with zero attached hydrogens (tertiary/aromatic N) is 3. The second-order valence-corrected chi connectivity index (χ2v) is 7.52. The Morgan fingerprint density at radius 3 is 2.66 bits per heavy atom. The largest absolute Gasteiger partial charge is 0.483 e. The van der Waals surface area contributed by atoms with Crippen LogP contribution in [0.1, 0.15) is 36.7 Å². The topological polar surface area (TPSA) is 125 Å². The molecule has 0 radical (unpaired) electrons. The molecule has 8 nitrogen and oxygen atoms in total. The molecule has 9 heteroatoms. The summed E-state index contributed by atoms with van der Waals surface area (Å²) in [6, 6.07) is 15.7. The molecule has 1 aromatic heterocycles. The Kier molecular flexibility index (Phi) is 8.04. The van der Waals surface area contributed by atoms with E-state index in [2.05, 4.69) is 15.2 Å². The number of nitrogens with two attached hydrogens (primary N) is 1. The first-order valence-electron chi connectivity index (χ1n) is 10.4. The zero-order valence-electron chi connectivity index (χ0n) is 17.5. The van der Waals surface area contributed by atoms with E-state index in [1.54, 1.807) is 18.2 Å². The third kappa shape index (κ3) is 5.76. The summed E-state index contributed by atoms with van der Waals surface area (Å²) in [5.41, 5.74) is 7.62. The highest BCUT2D eigenvalue weighted by Gasteiger charge is 2.33. The van der Waals surface area contributed by atoms with Crippen molar-refractivity contribution in [2.75, 3.05) is 6.54 Å². The fourth-order valence-electron chi connectivity index (χ4n) is 3.85. The summed E-state index contributed by atoms with van der Waals surface area (Å²) in [6.45, 7) is 0.414. The predicted molar refractivity (Wildman–Crippen MR) is 117 cm³/mol. The number of nitrogens with one attached hydrogen (secondary N) is 1. The van der Waals surface area contributed by atoms with Crippen LogP contribution >= 0.6 is 0 Å². The zero-order valence-corrected chi connectivity index (χ0v) is 17.5. The van der Waals surface area contributed by atoms with Gasteiger partial charge >= 0.3 is 0 Å². The fraction of sp³-hybridized carbons (Fsp3) is 0.304. The molecular formula is C23H26FN5O3. The number of carbonyl (C=O) groups is 2. The van der Waals surface area contributed by atoms with E-state index in [4.69, 9.17) is 15.6 Å². The molecule has 1 saturated heterocycles. The van der Waals surface area contributed by atoms with Crippen LogP contribution < -0.4 is 5.73 Å². The molecule has 1 fully saturated rings. The van der Waals surface area contributed by atoms with Gasteiger partial charge in [0.1, 0.15) is 11.6 Å². The van der Waals surface area contributed by atoms with E-state index in [0.29, 0.717) is 30.2 Å². The molecule has 1 unspecified atom stereocenters. The zero-order chi connectivity index (χ0) is 22.9.